The zero-order valence-corrected chi connectivity index (χ0v) is 18.5. The molecule has 164 valence electrons. The van der Waals surface area contributed by atoms with Gasteiger partial charge in [0.1, 0.15) is 5.60 Å². The third kappa shape index (κ3) is 9.82. The minimum atomic E-state index is -0.588. The Labute approximate surface area is 186 Å². The highest BCUT2D eigenvalue weighted by Crippen LogP contribution is 2.15. The van der Waals surface area contributed by atoms with Crippen LogP contribution in [0.2, 0.25) is 5.02 Å². The summed E-state index contributed by atoms with van der Waals surface area (Å²) >= 11 is 5.83. The standard InChI is InChI=1S/C23H26ClN3O4/c1-23(2,3)31-22(30)25-15-14-21(29)27-19-11-9-18(10-12-19)26-20(28)13-6-16-4-7-17(24)8-5-16/h4-13H,14-15H2,1-3H3,(H,25,30)(H,26,28)(H,27,29)/b13-6+. The molecule has 8 heteroatoms. The Hall–Kier alpha value is -3.32. The van der Waals surface area contributed by atoms with Crippen LogP contribution in [0.1, 0.15) is 32.8 Å². The molecule has 0 aromatic heterocycles. The average molecular weight is 444 g/mol. The van der Waals surface area contributed by atoms with Crippen LogP contribution in [-0.2, 0) is 14.3 Å². The van der Waals surface area contributed by atoms with E-state index < -0.39 is 11.7 Å². The van der Waals surface area contributed by atoms with Gasteiger partial charge >= 0.3 is 6.09 Å². The van der Waals surface area contributed by atoms with Crippen LogP contribution in [0.4, 0.5) is 16.2 Å². The van der Waals surface area contributed by atoms with Crippen molar-refractivity contribution in [3.05, 3.63) is 65.2 Å². The molecule has 0 fully saturated rings. The summed E-state index contributed by atoms with van der Waals surface area (Å²) in [5.41, 5.74) is 1.45. The van der Waals surface area contributed by atoms with Gasteiger partial charge in [0.2, 0.25) is 11.8 Å². The lowest BCUT2D eigenvalue weighted by atomic mass is 10.2. The lowest BCUT2D eigenvalue weighted by molar-refractivity contribution is -0.116. The summed E-state index contributed by atoms with van der Waals surface area (Å²) in [5, 5.41) is 8.63. The number of ether oxygens (including phenoxy) is 1. The largest absolute Gasteiger partial charge is 0.444 e. The van der Waals surface area contributed by atoms with Gasteiger partial charge in [-0.15, -0.1) is 0 Å². The van der Waals surface area contributed by atoms with E-state index in [4.69, 9.17) is 16.3 Å². The first kappa shape index (κ1) is 24.0. The minimum absolute atomic E-state index is 0.104. The Morgan fingerprint density at radius 1 is 0.935 bits per heavy atom. The van der Waals surface area contributed by atoms with E-state index in [2.05, 4.69) is 16.0 Å². The summed E-state index contributed by atoms with van der Waals surface area (Å²) in [6, 6.07) is 13.8. The van der Waals surface area contributed by atoms with Crippen molar-refractivity contribution in [2.45, 2.75) is 32.8 Å². The van der Waals surface area contributed by atoms with Crippen LogP contribution in [-0.4, -0.2) is 30.1 Å². The van der Waals surface area contributed by atoms with Crippen molar-refractivity contribution in [2.75, 3.05) is 17.2 Å². The number of carbonyl (C=O) groups is 3. The molecule has 0 bridgehead atoms. The molecular formula is C23H26ClN3O4. The molecule has 0 spiro atoms. The van der Waals surface area contributed by atoms with E-state index in [1.54, 1.807) is 63.2 Å². The highest BCUT2D eigenvalue weighted by molar-refractivity contribution is 6.30. The van der Waals surface area contributed by atoms with E-state index in [0.717, 1.165) is 5.56 Å². The lowest BCUT2D eigenvalue weighted by Gasteiger charge is -2.19. The second-order valence-electron chi connectivity index (χ2n) is 7.68. The van der Waals surface area contributed by atoms with Gasteiger partial charge in [0, 0.05) is 35.4 Å². The van der Waals surface area contributed by atoms with Crippen molar-refractivity contribution < 1.29 is 19.1 Å². The topological polar surface area (TPSA) is 96.5 Å². The van der Waals surface area contributed by atoms with E-state index in [1.807, 2.05) is 12.1 Å². The summed E-state index contributed by atoms with van der Waals surface area (Å²) in [6.45, 7) is 5.46. The van der Waals surface area contributed by atoms with Crippen LogP contribution in [0.25, 0.3) is 6.08 Å². The minimum Gasteiger partial charge on any atom is -0.444 e. The summed E-state index contributed by atoms with van der Waals surface area (Å²) in [5.74, 6) is -0.529. The van der Waals surface area contributed by atoms with Gasteiger partial charge in [-0.05, 0) is 68.8 Å². The molecule has 0 radical (unpaired) electrons. The summed E-state index contributed by atoms with van der Waals surface area (Å²) < 4.78 is 5.10. The molecule has 2 aromatic carbocycles. The van der Waals surface area contributed by atoms with E-state index in [1.165, 1.54) is 6.08 Å². The zero-order chi connectivity index (χ0) is 22.9. The third-order valence-corrected chi connectivity index (χ3v) is 4.01. The number of benzene rings is 2. The number of amides is 3. The number of nitrogens with one attached hydrogen (secondary N) is 3. The lowest BCUT2D eigenvalue weighted by Crippen LogP contribution is -2.34. The predicted molar refractivity (Wildman–Crippen MR) is 123 cm³/mol. The van der Waals surface area contributed by atoms with E-state index in [-0.39, 0.29) is 24.8 Å². The highest BCUT2D eigenvalue weighted by Gasteiger charge is 2.15. The maximum absolute atomic E-state index is 12.0. The summed E-state index contributed by atoms with van der Waals surface area (Å²) in [6.07, 6.45) is 2.65. The average Bonchev–Trinajstić information content (AvgIpc) is 2.67. The van der Waals surface area contributed by atoms with Crippen molar-refractivity contribution in [3.63, 3.8) is 0 Å². The molecule has 0 saturated heterocycles. The van der Waals surface area contributed by atoms with Crippen LogP contribution in [0.5, 0.6) is 0 Å². The van der Waals surface area contributed by atoms with Gasteiger partial charge in [-0.1, -0.05) is 23.7 Å². The second-order valence-corrected chi connectivity index (χ2v) is 8.11. The maximum Gasteiger partial charge on any atom is 0.407 e. The van der Waals surface area contributed by atoms with E-state index in [9.17, 15) is 14.4 Å². The molecule has 0 heterocycles. The highest BCUT2D eigenvalue weighted by atomic mass is 35.5. The van der Waals surface area contributed by atoms with Crippen molar-refractivity contribution in [1.82, 2.24) is 5.32 Å². The van der Waals surface area contributed by atoms with Crippen LogP contribution < -0.4 is 16.0 Å². The van der Waals surface area contributed by atoms with E-state index >= 15 is 0 Å². The third-order valence-electron chi connectivity index (χ3n) is 3.75. The second kappa shape index (κ2) is 11.2. The Balaban J connectivity index is 1.75. The number of alkyl carbamates (subject to hydrolysis) is 1. The van der Waals surface area contributed by atoms with Crippen molar-refractivity contribution in [3.8, 4) is 0 Å². The fraction of sp³-hybridized carbons (Fsp3) is 0.261. The van der Waals surface area contributed by atoms with Gasteiger partial charge in [0.25, 0.3) is 0 Å². The van der Waals surface area contributed by atoms with Gasteiger partial charge in [-0.2, -0.15) is 0 Å². The number of anilines is 2. The Kier molecular flexibility index (Phi) is 8.63. The van der Waals surface area contributed by atoms with Gasteiger partial charge < -0.3 is 20.7 Å². The fourth-order valence-electron chi connectivity index (χ4n) is 2.38. The number of rotatable bonds is 7. The number of hydrogen-bond donors (Lipinski definition) is 3. The predicted octanol–water partition coefficient (Wildman–Crippen LogP) is 4.85. The molecule has 0 unspecified atom stereocenters. The van der Waals surface area contributed by atoms with Crippen LogP contribution >= 0.6 is 11.6 Å². The number of halogens is 1. The Bertz CT molecular complexity index is 933. The molecular weight excluding hydrogens is 418 g/mol. The molecule has 7 nitrogen and oxygen atoms in total. The molecule has 2 rings (SSSR count). The quantitative estimate of drug-likeness (QED) is 0.533. The van der Waals surface area contributed by atoms with Gasteiger partial charge in [0.05, 0.1) is 0 Å². The van der Waals surface area contributed by atoms with Gasteiger partial charge in [-0.3, -0.25) is 9.59 Å². The Morgan fingerprint density at radius 3 is 2.10 bits per heavy atom. The first-order chi connectivity index (χ1) is 14.6. The van der Waals surface area contributed by atoms with Crippen molar-refractivity contribution in [2.24, 2.45) is 0 Å². The zero-order valence-electron chi connectivity index (χ0n) is 17.7. The van der Waals surface area contributed by atoms with Crippen LogP contribution in [0.3, 0.4) is 0 Å². The summed E-state index contributed by atoms with van der Waals surface area (Å²) in [4.78, 5) is 35.6. The van der Waals surface area contributed by atoms with Crippen LogP contribution in [0, 0.1) is 0 Å². The first-order valence-corrected chi connectivity index (χ1v) is 10.1. The van der Waals surface area contributed by atoms with Crippen LogP contribution in [0.15, 0.2) is 54.6 Å². The molecule has 3 amide bonds. The Morgan fingerprint density at radius 2 is 1.52 bits per heavy atom. The van der Waals surface area contributed by atoms with E-state index in [0.29, 0.717) is 16.4 Å². The normalized spacial score (nSPS) is 11.1. The van der Waals surface area contributed by atoms with Gasteiger partial charge in [-0.25, -0.2) is 4.79 Å². The smallest absolute Gasteiger partial charge is 0.407 e. The molecule has 0 aliphatic rings. The molecule has 3 N–H and O–H groups in total. The van der Waals surface area contributed by atoms with Crippen molar-refractivity contribution in [1.29, 1.82) is 0 Å². The molecule has 0 saturated carbocycles. The molecule has 0 aliphatic carbocycles. The number of carbonyl (C=O) groups excluding carboxylic acids is 3. The monoisotopic (exact) mass is 443 g/mol. The van der Waals surface area contributed by atoms with Gasteiger partial charge in [0.15, 0.2) is 0 Å². The SMILES string of the molecule is CC(C)(C)OC(=O)NCCC(=O)Nc1ccc(NC(=O)/C=C/c2ccc(Cl)cc2)cc1. The first-order valence-electron chi connectivity index (χ1n) is 9.72. The molecule has 0 atom stereocenters. The molecule has 2 aromatic rings. The van der Waals surface area contributed by atoms with Crippen molar-refractivity contribution >= 4 is 47.0 Å². The molecule has 0 aliphatic heterocycles. The fourth-order valence-corrected chi connectivity index (χ4v) is 2.51. The maximum atomic E-state index is 12.0. The number of hydrogen-bond acceptors (Lipinski definition) is 4. The molecule has 31 heavy (non-hydrogen) atoms. The summed E-state index contributed by atoms with van der Waals surface area (Å²) in [7, 11) is 0.